The Morgan fingerprint density at radius 3 is 2.71 bits per heavy atom. The predicted octanol–water partition coefficient (Wildman–Crippen LogP) is -0.0771. The molecule has 1 saturated carbocycles. The fraction of sp³-hybridized carbons (Fsp3) is 0.929. The molecule has 3 N–H and O–H groups in total. The summed E-state index contributed by atoms with van der Waals surface area (Å²) in [5, 5.41) is 9.61. The van der Waals surface area contributed by atoms with E-state index >= 15 is 0 Å². The number of fused-ring (bicyclic) bond motifs is 1. The van der Waals surface area contributed by atoms with Gasteiger partial charge in [0, 0.05) is 25.6 Å². The van der Waals surface area contributed by atoms with Crippen molar-refractivity contribution in [1.82, 2.24) is 20.9 Å². The summed E-state index contributed by atoms with van der Waals surface area (Å²) in [7, 11) is 0. The largest absolute Gasteiger partial charge is 0.332 e. The molecular weight excluding hydrogens is 278 g/mol. The zero-order valence-corrected chi connectivity index (χ0v) is 12.5. The van der Waals surface area contributed by atoms with Crippen molar-refractivity contribution in [2.24, 2.45) is 0 Å². The van der Waals surface area contributed by atoms with Gasteiger partial charge in [0.2, 0.25) is 5.91 Å². The van der Waals surface area contributed by atoms with Gasteiger partial charge in [-0.3, -0.25) is 15.4 Å². The molecule has 3 aliphatic rings. The van der Waals surface area contributed by atoms with E-state index in [0.717, 1.165) is 6.54 Å². The number of nitrogens with one attached hydrogen (secondary N) is 3. The van der Waals surface area contributed by atoms with E-state index in [0.29, 0.717) is 19.5 Å². The Morgan fingerprint density at radius 1 is 1.24 bits per heavy atom. The first-order valence-electron chi connectivity index (χ1n) is 7.71. The van der Waals surface area contributed by atoms with Gasteiger partial charge in [-0.1, -0.05) is 0 Å². The molecule has 0 bridgehead atoms. The monoisotopic (exact) mass is 302 g/mol. The van der Waals surface area contributed by atoms with Crippen molar-refractivity contribution < 1.29 is 13.6 Å². The van der Waals surface area contributed by atoms with Crippen molar-refractivity contribution in [3.05, 3.63) is 0 Å². The summed E-state index contributed by atoms with van der Waals surface area (Å²) in [5.74, 6) is 0.0462. The summed E-state index contributed by atoms with van der Waals surface area (Å²) < 4.78 is 27.6. The molecular formula is C14H24F2N4O. The molecule has 2 heterocycles. The first-order valence-corrected chi connectivity index (χ1v) is 7.71. The summed E-state index contributed by atoms with van der Waals surface area (Å²) in [4.78, 5) is 13.9. The van der Waals surface area contributed by atoms with Crippen LogP contribution in [0.1, 0.15) is 26.7 Å². The second-order valence-corrected chi connectivity index (χ2v) is 6.86. The third-order valence-corrected chi connectivity index (χ3v) is 5.05. The molecule has 1 aliphatic carbocycles. The molecule has 1 amide bonds. The number of carbonyl (C=O) groups excluding carboxylic acids is 1. The minimum atomic E-state index is -1.18. The minimum Gasteiger partial charge on any atom is -0.332 e. The zero-order valence-electron chi connectivity index (χ0n) is 12.5. The average molecular weight is 302 g/mol. The van der Waals surface area contributed by atoms with Crippen LogP contribution in [0.2, 0.25) is 0 Å². The number of hydrogen-bond donors (Lipinski definition) is 3. The van der Waals surface area contributed by atoms with E-state index in [-0.39, 0.29) is 30.6 Å². The molecule has 2 aliphatic heterocycles. The molecule has 5 unspecified atom stereocenters. The van der Waals surface area contributed by atoms with Crippen LogP contribution in [-0.4, -0.2) is 66.6 Å². The maximum absolute atomic E-state index is 14.0. The summed E-state index contributed by atoms with van der Waals surface area (Å²) in [6.07, 6.45) is -2.18. The number of halogens is 2. The molecule has 3 rings (SSSR count). The smallest absolute Gasteiger partial charge is 0.237 e. The van der Waals surface area contributed by atoms with Crippen LogP contribution in [0, 0.1) is 0 Å². The van der Waals surface area contributed by atoms with Crippen molar-refractivity contribution in [2.75, 3.05) is 19.6 Å². The number of hydrogen-bond acceptors (Lipinski definition) is 4. The topological polar surface area (TPSA) is 56.4 Å². The van der Waals surface area contributed by atoms with Gasteiger partial charge in [0.1, 0.15) is 12.3 Å². The Morgan fingerprint density at radius 2 is 2.00 bits per heavy atom. The van der Waals surface area contributed by atoms with Gasteiger partial charge in [-0.15, -0.1) is 0 Å². The lowest BCUT2D eigenvalue weighted by molar-refractivity contribution is -0.139. The highest BCUT2D eigenvalue weighted by Crippen LogP contribution is 2.31. The van der Waals surface area contributed by atoms with Crippen LogP contribution in [0.15, 0.2) is 0 Å². The van der Waals surface area contributed by atoms with E-state index in [1.54, 1.807) is 0 Å². The summed E-state index contributed by atoms with van der Waals surface area (Å²) in [5.41, 5.74) is -0.484. The Balaban J connectivity index is 1.73. The first kappa shape index (κ1) is 15.1. The van der Waals surface area contributed by atoms with E-state index in [2.05, 4.69) is 16.0 Å². The Bertz CT molecular complexity index is 420. The number of piperazine rings is 1. The standard InChI is InChI=1S/C14H24F2N4O/c1-14(2,20-4-3-17-7-11(20)21)13-18-10-6-8(15)5-9(16)12(10)19-13/h8-10,12-13,17-19H,3-7H2,1-2H3. The van der Waals surface area contributed by atoms with Crippen LogP contribution in [-0.2, 0) is 4.79 Å². The number of nitrogens with zero attached hydrogens (tertiary/aromatic N) is 1. The molecule has 0 radical (unpaired) electrons. The second-order valence-electron chi connectivity index (χ2n) is 6.86. The van der Waals surface area contributed by atoms with Gasteiger partial charge in [0.15, 0.2) is 0 Å². The Kier molecular flexibility index (Phi) is 3.92. The molecule has 21 heavy (non-hydrogen) atoms. The molecule has 0 aromatic carbocycles. The lowest BCUT2D eigenvalue weighted by atomic mass is 9.89. The minimum absolute atomic E-state index is 0.0322. The van der Waals surface area contributed by atoms with Crippen molar-refractivity contribution in [2.45, 2.75) is 62.8 Å². The number of carbonyl (C=O) groups is 1. The summed E-state index contributed by atoms with van der Waals surface area (Å²) >= 11 is 0. The molecule has 0 aromatic heterocycles. The van der Waals surface area contributed by atoms with Gasteiger partial charge in [0.05, 0.1) is 24.3 Å². The van der Waals surface area contributed by atoms with Crippen molar-refractivity contribution in [3.8, 4) is 0 Å². The van der Waals surface area contributed by atoms with Gasteiger partial charge < -0.3 is 10.2 Å². The Labute approximate surface area is 123 Å². The SMILES string of the molecule is CC(C)(C1NC2CC(F)CC(F)C2N1)N1CCNCC1=O. The molecule has 2 saturated heterocycles. The Hall–Kier alpha value is -0.790. The van der Waals surface area contributed by atoms with Gasteiger partial charge in [-0.2, -0.15) is 0 Å². The lowest BCUT2D eigenvalue weighted by Gasteiger charge is -2.45. The molecule has 120 valence electrons. The average Bonchev–Trinajstić information content (AvgIpc) is 2.84. The van der Waals surface area contributed by atoms with E-state index in [1.807, 2.05) is 18.7 Å². The van der Waals surface area contributed by atoms with E-state index < -0.39 is 17.9 Å². The third-order valence-electron chi connectivity index (χ3n) is 5.05. The van der Waals surface area contributed by atoms with Gasteiger partial charge >= 0.3 is 0 Å². The van der Waals surface area contributed by atoms with E-state index in [9.17, 15) is 13.6 Å². The number of amides is 1. The predicted molar refractivity (Wildman–Crippen MR) is 75.3 cm³/mol. The first-order chi connectivity index (χ1) is 9.89. The highest BCUT2D eigenvalue weighted by atomic mass is 19.1. The molecule has 5 nitrogen and oxygen atoms in total. The normalized spacial score (nSPS) is 41.2. The highest BCUT2D eigenvalue weighted by Gasteiger charge is 2.50. The van der Waals surface area contributed by atoms with Crippen LogP contribution in [0.5, 0.6) is 0 Å². The highest BCUT2D eigenvalue weighted by molar-refractivity contribution is 5.79. The summed E-state index contributed by atoms with van der Waals surface area (Å²) in [6, 6.07) is -0.565. The van der Waals surface area contributed by atoms with Gasteiger partial charge in [-0.25, -0.2) is 8.78 Å². The quantitative estimate of drug-likeness (QED) is 0.668. The van der Waals surface area contributed by atoms with Crippen LogP contribution in [0.25, 0.3) is 0 Å². The molecule has 0 aromatic rings. The number of rotatable bonds is 2. The maximum atomic E-state index is 14.0. The third kappa shape index (κ3) is 2.66. The fourth-order valence-corrected chi connectivity index (χ4v) is 3.79. The van der Waals surface area contributed by atoms with Gasteiger partial charge in [0.25, 0.3) is 0 Å². The maximum Gasteiger partial charge on any atom is 0.237 e. The van der Waals surface area contributed by atoms with E-state index in [4.69, 9.17) is 0 Å². The van der Waals surface area contributed by atoms with Crippen molar-refractivity contribution in [3.63, 3.8) is 0 Å². The van der Waals surface area contributed by atoms with Crippen molar-refractivity contribution in [1.29, 1.82) is 0 Å². The van der Waals surface area contributed by atoms with Crippen LogP contribution >= 0.6 is 0 Å². The molecule has 5 atom stereocenters. The fourth-order valence-electron chi connectivity index (χ4n) is 3.79. The van der Waals surface area contributed by atoms with Crippen molar-refractivity contribution >= 4 is 5.91 Å². The zero-order chi connectivity index (χ0) is 15.2. The second kappa shape index (κ2) is 5.44. The molecule has 7 heteroatoms. The van der Waals surface area contributed by atoms with Crippen LogP contribution in [0.3, 0.4) is 0 Å². The van der Waals surface area contributed by atoms with E-state index in [1.165, 1.54) is 0 Å². The number of alkyl halides is 2. The van der Waals surface area contributed by atoms with Gasteiger partial charge in [-0.05, 0) is 20.3 Å². The summed E-state index contributed by atoms with van der Waals surface area (Å²) in [6.45, 7) is 5.66. The lowest BCUT2D eigenvalue weighted by Crippen LogP contribution is -2.66. The van der Waals surface area contributed by atoms with Crippen LogP contribution < -0.4 is 16.0 Å². The van der Waals surface area contributed by atoms with Crippen LogP contribution in [0.4, 0.5) is 8.78 Å². The molecule has 3 fully saturated rings. The molecule has 0 spiro atoms.